The third-order valence-corrected chi connectivity index (χ3v) is 3.35. The number of rotatable bonds is 11. The molecule has 0 bridgehead atoms. The summed E-state index contributed by atoms with van der Waals surface area (Å²) in [7, 11) is -3.79. The Hall–Kier alpha value is -0.620. The largest absolute Gasteiger partial charge is 0.481 e. The third-order valence-electron chi connectivity index (χ3n) is 2.54. The van der Waals surface area contributed by atoms with E-state index in [-0.39, 0.29) is 12.2 Å². The zero-order valence-corrected chi connectivity index (χ0v) is 10.9. The smallest absolute Gasteiger partial charge is 0.303 e. The highest BCUT2D eigenvalue weighted by Crippen LogP contribution is 2.10. The van der Waals surface area contributed by atoms with Gasteiger partial charge < -0.3 is 5.11 Å². The highest BCUT2D eigenvalue weighted by Gasteiger charge is 2.02. The van der Waals surface area contributed by atoms with Crippen molar-refractivity contribution in [3.05, 3.63) is 0 Å². The quantitative estimate of drug-likeness (QED) is 0.443. The lowest BCUT2D eigenvalue weighted by Crippen LogP contribution is -2.03. The monoisotopic (exact) mass is 266 g/mol. The molecule has 0 heterocycles. The summed E-state index contributed by atoms with van der Waals surface area (Å²) in [6.07, 6.45) is 7.35. The van der Waals surface area contributed by atoms with E-state index in [0.29, 0.717) is 6.42 Å². The van der Waals surface area contributed by atoms with Crippen LogP contribution in [0.25, 0.3) is 0 Å². The standard InChI is InChI=1S/C11H22O5S/c12-11(13)9-7-5-3-1-2-4-6-8-10-17(14,15)16/h1-10H2,(H,12,13)(H,14,15,16). The predicted molar refractivity (Wildman–Crippen MR) is 65.6 cm³/mol. The first-order valence-corrected chi connectivity index (χ1v) is 7.70. The van der Waals surface area contributed by atoms with Crippen LogP contribution in [0.2, 0.25) is 0 Å². The molecule has 0 rings (SSSR count). The summed E-state index contributed by atoms with van der Waals surface area (Å²) >= 11 is 0. The van der Waals surface area contributed by atoms with Crippen LogP contribution >= 0.6 is 0 Å². The molecular weight excluding hydrogens is 244 g/mol. The summed E-state index contributed by atoms with van der Waals surface area (Å²) in [5, 5.41) is 8.41. The molecule has 6 heteroatoms. The Balaban J connectivity index is 3.11. The highest BCUT2D eigenvalue weighted by atomic mass is 32.2. The second-order valence-corrected chi connectivity index (χ2v) is 5.83. The van der Waals surface area contributed by atoms with Crippen LogP contribution in [0.3, 0.4) is 0 Å². The van der Waals surface area contributed by atoms with E-state index in [1.807, 2.05) is 0 Å². The number of hydrogen-bond acceptors (Lipinski definition) is 3. The van der Waals surface area contributed by atoms with E-state index in [1.165, 1.54) is 0 Å². The Morgan fingerprint density at radius 3 is 1.65 bits per heavy atom. The molecule has 0 radical (unpaired) electrons. The molecule has 0 aliphatic rings. The summed E-state index contributed by atoms with van der Waals surface area (Å²) in [6, 6.07) is 0. The molecule has 0 aromatic rings. The van der Waals surface area contributed by atoms with Crippen molar-refractivity contribution in [2.24, 2.45) is 0 Å². The summed E-state index contributed by atoms with van der Waals surface area (Å²) in [5.41, 5.74) is 0. The number of aliphatic carboxylic acids is 1. The molecule has 17 heavy (non-hydrogen) atoms. The predicted octanol–water partition coefficient (Wildman–Crippen LogP) is 2.47. The van der Waals surface area contributed by atoms with Gasteiger partial charge in [-0.3, -0.25) is 9.35 Å². The van der Waals surface area contributed by atoms with Crippen LogP contribution < -0.4 is 0 Å². The number of carboxylic acids is 1. The van der Waals surface area contributed by atoms with Crippen LogP contribution in [0.15, 0.2) is 0 Å². The first kappa shape index (κ1) is 16.4. The van der Waals surface area contributed by atoms with E-state index in [1.54, 1.807) is 0 Å². The maximum atomic E-state index is 10.4. The van der Waals surface area contributed by atoms with E-state index in [2.05, 4.69) is 0 Å². The van der Waals surface area contributed by atoms with Crippen LogP contribution in [0.4, 0.5) is 0 Å². The van der Waals surface area contributed by atoms with Crippen LogP contribution in [0.5, 0.6) is 0 Å². The van der Waals surface area contributed by atoms with Gasteiger partial charge in [0.05, 0.1) is 5.75 Å². The summed E-state index contributed by atoms with van der Waals surface area (Å²) in [4.78, 5) is 10.2. The fraction of sp³-hybridized carbons (Fsp3) is 0.909. The average molecular weight is 266 g/mol. The first-order valence-electron chi connectivity index (χ1n) is 6.09. The van der Waals surface area contributed by atoms with Gasteiger partial charge in [0.1, 0.15) is 0 Å². The minimum Gasteiger partial charge on any atom is -0.481 e. The number of hydrogen-bond donors (Lipinski definition) is 2. The van der Waals surface area contributed by atoms with E-state index in [0.717, 1.165) is 44.9 Å². The molecule has 0 aromatic carbocycles. The normalized spacial score (nSPS) is 11.6. The highest BCUT2D eigenvalue weighted by molar-refractivity contribution is 7.85. The van der Waals surface area contributed by atoms with Gasteiger partial charge in [-0.1, -0.05) is 38.5 Å². The van der Waals surface area contributed by atoms with Crippen LogP contribution in [-0.2, 0) is 14.9 Å². The number of carbonyl (C=O) groups is 1. The van der Waals surface area contributed by atoms with Crippen molar-refractivity contribution in [2.45, 2.75) is 57.8 Å². The van der Waals surface area contributed by atoms with Crippen molar-refractivity contribution in [3.63, 3.8) is 0 Å². The molecule has 0 unspecified atom stereocenters. The Morgan fingerprint density at radius 1 is 0.824 bits per heavy atom. The van der Waals surface area contributed by atoms with Gasteiger partial charge in [-0.2, -0.15) is 8.42 Å². The molecule has 0 atom stereocenters. The first-order chi connectivity index (χ1) is 7.92. The maximum Gasteiger partial charge on any atom is 0.303 e. The van der Waals surface area contributed by atoms with Crippen molar-refractivity contribution in [1.29, 1.82) is 0 Å². The third kappa shape index (κ3) is 15.4. The Labute approximate surface area is 103 Å². The Kier molecular flexibility index (Phi) is 9.07. The molecule has 0 spiro atoms. The molecule has 0 aromatic heterocycles. The SMILES string of the molecule is O=C(O)CCCCCCCCCCS(=O)(=O)O. The van der Waals surface area contributed by atoms with Gasteiger partial charge in [0.25, 0.3) is 10.1 Å². The molecule has 0 aliphatic carbocycles. The second-order valence-electron chi connectivity index (χ2n) is 4.26. The lowest BCUT2D eigenvalue weighted by atomic mass is 10.1. The molecule has 0 fully saturated rings. The number of carboxylic acid groups (broad SMARTS) is 1. The lowest BCUT2D eigenvalue weighted by Gasteiger charge is -2.01. The molecule has 0 saturated carbocycles. The van der Waals surface area contributed by atoms with Gasteiger partial charge in [-0.25, -0.2) is 0 Å². The van der Waals surface area contributed by atoms with Crippen LogP contribution in [0.1, 0.15) is 57.8 Å². The van der Waals surface area contributed by atoms with Crippen molar-refractivity contribution in [1.82, 2.24) is 0 Å². The van der Waals surface area contributed by atoms with Gasteiger partial charge in [-0.05, 0) is 12.8 Å². The Morgan fingerprint density at radius 2 is 1.24 bits per heavy atom. The van der Waals surface area contributed by atoms with Gasteiger partial charge >= 0.3 is 5.97 Å². The van der Waals surface area contributed by atoms with E-state index < -0.39 is 16.1 Å². The maximum absolute atomic E-state index is 10.4. The molecule has 102 valence electrons. The van der Waals surface area contributed by atoms with Gasteiger partial charge in [0.15, 0.2) is 0 Å². The van der Waals surface area contributed by atoms with E-state index in [4.69, 9.17) is 9.66 Å². The molecular formula is C11H22O5S. The topological polar surface area (TPSA) is 91.7 Å². The fourth-order valence-corrected chi connectivity index (χ4v) is 2.19. The van der Waals surface area contributed by atoms with Crippen LogP contribution in [-0.4, -0.2) is 29.8 Å². The molecule has 5 nitrogen and oxygen atoms in total. The minimum atomic E-state index is -3.79. The van der Waals surface area contributed by atoms with Crippen LogP contribution in [0, 0.1) is 0 Å². The summed E-state index contributed by atoms with van der Waals surface area (Å²) in [5.74, 6) is -0.888. The fourth-order valence-electron chi connectivity index (χ4n) is 1.62. The van der Waals surface area contributed by atoms with Gasteiger partial charge in [0, 0.05) is 6.42 Å². The van der Waals surface area contributed by atoms with Crippen molar-refractivity contribution in [2.75, 3.05) is 5.75 Å². The van der Waals surface area contributed by atoms with Crippen molar-refractivity contribution < 1.29 is 22.9 Å². The molecule has 0 aliphatic heterocycles. The number of unbranched alkanes of at least 4 members (excludes halogenated alkanes) is 7. The van der Waals surface area contributed by atoms with E-state index >= 15 is 0 Å². The van der Waals surface area contributed by atoms with Crippen molar-refractivity contribution >= 4 is 16.1 Å². The molecule has 0 amide bonds. The average Bonchev–Trinajstić information content (AvgIpc) is 2.18. The molecule has 2 N–H and O–H groups in total. The summed E-state index contributed by atoms with van der Waals surface area (Å²) in [6.45, 7) is 0. The minimum absolute atomic E-state index is 0.147. The molecule has 0 saturated heterocycles. The van der Waals surface area contributed by atoms with Gasteiger partial charge in [0.2, 0.25) is 0 Å². The van der Waals surface area contributed by atoms with Gasteiger partial charge in [-0.15, -0.1) is 0 Å². The Bertz CT molecular complexity index is 297. The zero-order chi connectivity index (χ0) is 13.1. The van der Waals surface area contributed by atoms with E-state index in [9.17, 15) is 13.2 Å². The van der Waals surface area contributed by atoms with Crippen molar-refractivity contribution in [3.8, 4) is 0 Å². The zero-order valence-electron chi connectivity index (χ0n) is 10.1. The lowest BCUT2D eigenvalue weighted by molar-refractivity contribution is -0.137. The second kappa shape index (κ2) is 9.41. The summed E-state index contributed by atoms with van der Waals surface area (Å²) < 4.78 is 29.3.